The summed E-state index contributed by atoms with van der Waals surface area (Å²) in [7, 11) is 0. The molecule has 0 heterocycles. The van der Waals surface area contributed by atoms with Crippen LogP contribution in [0.2, 0.25) is 10.0 Å². The Morgan fingerprint density at radius 2 is 1.16 bits per heavy atom. The zero-order valence-corrected chi connectivity index (χ0v) is 21.0. The fraction of sp³-hybridized carbons (Fsp3) is 0.0714. The van der Waals surface area contributed by atoms with E-state index in [2.05, 4.69) is 5.32 Å². The third-order valence-electron chi connectivity index (χ3n) is 5.45. The number of nitrogens with one attached hydrogen (secondary N) is 1. The van der Waals surface area contributed by atoms with Crippen LogP contribution in [0.4, 0.5) is 5.69 Å². The van der Waals surface area contributed by atoms with Crippen LogP contribution in [-0.2, 0) is 19.1 Å². The molecule has 0 aliphatic heterocycles. The highest BCUT2D eigenvalue weighted by Gasteiger charge is 2.41. The fourth-order valence-corrected chi connectivity index (χ4v) is 3.82. The fourth-order valence-electron chi connectivity index (χ4n) is 3.57. The van der Waals surface area contributed by atoms with Crippen LogP contribution in [0, 0.1) is 0 Å². The number of hydrogen-bond acceptors (Lipinski definition) is 6. The molecule has 2 N–H and O–H groups in total. The smallest absolute Gasteiger partial charge is 0.349 e. The second-order valence-corrected chi connectivity index (χ2v) is 8.89. The Balaban J connectivity index is 1.66. The highest BCUT2D eigenvalue weighted by Crippen LogP contribution is 2.24. The molecule has 0 aliphatic rings. The molecule has 4 rings (SSSR count). The van der Waals surface area contributed by atoms with Gasteiger partial charge in [-0.05, 0) is 60.0 Å². The van der Waals surface area contributed by atoms with Crippen LogP contribution in [0.1, 0.15) is 20.7 Å². The van der Waals surface area contributed by atoms with Crippen molar-refractivity contribution in [3.63, 3.8) is 0 Å². The number of amides is 1. The SMILES string of the molecule is O=C(O[C@H](C(=O)O)[C@@H](OC(=O)c1ccc(Cl)cc1)C(=O)Nc1cccc2ccccc12)c1ccc(Cl)cc1. The molecular weight excluding hydrogens is 533 g/mol. The number of carbonyl (C=O) groups excluding carboxylic acids is 3. The third-order valence-corrected chi connectivity index (χ3v) is 5.96. The van der Waals surface area contributed by atoms with Crippen LogP contribution in [0.25, 0.3) is 10.8 Å². The molecule has 0 unspecified atom stereocenters. The van der Waals surface area contributed by atoms with Crippen molar-refractivity contribution in [3.05, 3.63) is 112 Å². The molecular formula is C28H19Cl2NO7. The Labute approximate surface area is 226 Å². The van der Waals surface area contributed by atoms with Crippen molar-refractivity contribution in [2.45, 2.75) is 12.2 Å². The van der Waals surface area contributed by atoms with Gasteiger partial charge in [0.05, 0.1) is 11.1 Å². The lowest BCUT2D eigenvalue weighted by atomic mass is 10.1. The molecule has 0 aliphatic carbocycles. The number of carboxylic acid groups (broad SMARTS) is 1. The van der Waals surface area contributed by atoms with Gasteiger partial charge in [0, 0.05) is 21.1 Å². The number of rotatable bonds is 8. The first-order valence-corrected chi connectivity index (χ1v) is 11.9. The summed E-state index contributed by atoms with van der Waals surface area (Å²) in [6.07, 6.45) is -4.23. The number of carbonyl (C=O) groups is 4. The predicted octanol–water partition coefficient (Wildman–Crippen LogP) is 5.62. The highest BCUT2D eigenvalue weighted by molar-refractivity contribution is 6.31. The summed E-state index contributed by atoms with van der Waals surface area (Å²) in [4.78, 5) is 51.2. The summed E-state index contributed by atoms with van der Waals surface area (Å²) >= 11 is 11.7. The molecule has 0 spiro atoms. The lowest BCUT2D eigenvalue weighted by Crippen LogP contribution is -2.48. The van der Waals surface area contributed by atoms with E-state index in [0.717, 1.165) is 5.39 Å². The first-order valence-electron chi connectivity index (χ1n) is 11.2. The molecule has 4 aromatic carbocycles. The first kappa shape index (κ1) is 26.7. The maximum atomic E-state index is 13.4. The van der Waals surface area contributed by atoms with E-state index in [9.17, 15) is 24.3 Å². The van der Waals surface area contributed by atoms with Gasteiger partial charge in [-0.2, -0.15) is 0 Å². The van der Waals surface area contributed by atoms with Gasteiger partial charge in [-0.1, -0.05) is 59.6 Å². The van der Waals surface area contributed by atoms with E-state index in [1.165, 1.54) is 48.5 Å². The molecule has 38 heavy (non-hydrogen) atoms. The van der Waals surface area contributed by atoms with Crippen LogP contribution in [0.3, 0.4) is 0 Å². The lowest BCUT2D eigenvalue weighted by Gasteiger charge is -2.24. The van der Waals surface area contributed by atoms with Gasteiger partial charge < -0.3 is 19.9 Å². The van der Waals surface area contributed by atoms with Crippen LogP contribution in [0.5, 0.6) is 0 Å². The number of benzene rings is 4. The quantitative estimate of drug-likeness (QED) is 0.272. The van der Waals surface area contributed by atoms with Crippen molar-refractivity contribution in [1.29, 1.82) is 0 Å². The number of hydrogen-bond donors (Lipinski definition) is 2. The van der Waals surface area contributed by atoms with Crippen LogP contribution < -0.4 is 5.32 Å². The van der Waals surface area contributed by atoms with Gasteiger partial charge in [0.2, 0.25) is 12.2 Å². The Kier molecular flexibility index (Phi) is 8.25. The number of esters is 2. The van der Waals surface area contributed by atoms with Gasteiger partial charge in [-0.25, -0.2) is 14.4 Å². The Morgan fingerprint density at radius 1 is 0.658 bits per heavy atom. The number of anilines is 1. The zero-order valence-electron chi connectivity index (χ0n) is 19.5. The van der Waals surface area contributed by atoms with Gasteiger partial charge in [-0.15, -0.1) is 0 Å². The van der Waals surface area contributed by atoms with E-state index in [1.54, 1.807) is 24.3 Å². The van der Waals surface area contributed by atoms with Gasteiger partial charge in [0.1, 0.15) is 0 Å². The maximum absolute atomic E-state index is 13.4. The molecule has 192 valence electrons. The van der Waals surface area contributed by atoms with Crippen molar-refractivity contribution in [2.24, 2.45) is 0 Å². The minimum absolute atomic E-state index is 0.00512. The van der Waals surface area contributed by atoms with Crippen molar-refractivity contribution in [1.82, 2.24) is 0 Å². The number of aliphatic carboxylic acids is 1. The van der Waals surface area contributed by atoms with Gasteiger partial charge >= 0.3 is 17.9 Å². The Morgan fingerprint density at radius 3 is 1.71 bits per heavy atom. The van der Waals surface area contributed by atoms with E-state index in [1.807, 2.05) is 18.2 Å². The van der Waals surface area contributed by atoms with Crippen LogP contribution in [0.15, 0.2) is 91.0 Å². The lowest BCUT2D eigenvalue weighted by molar-refractivity contribution is -0.157. The summed E-state index contributed by atoms with van der Waals surface area (Å²) in [6, 6.07) is 23.3. The Hall–Kier alpha value is -4.40. The molecule has 0 bridgehead atoms. The van der Waals surface area contributed by atoms with Crippen molar-refractivity contribution >= 4 is 63.5 Å². The van der Waals surface area contributed by atoms with E-state index >= 15 is 0 Å². The first-order chi connectivity index (χ1) is 18.2. The molecule has 0 saturated carbocycles. The molecule has 4 aromatic rings. The topological polar surface area (TPSA) is 119 Å². The number of fused-ring (bicyclic) bond motifs is 1. The van der Waals surface area contributed by atoms with E-state index < -0.39 is 36.0 Å². The Bertz CT molecular complexity index is 1500. The zero-order chi connectivity index (χ0) is 27.2. The standard InChI is InChI=1S/C28H19Cl2NO7/c29-19-12-8-17(9-13-19)27(35)37-23(24(26(33)34)38-28(36)18-10-14-20(30)15-11-18)25(32)31-22-7-3-5-16-4-1-2-6-21(16)22/h1-15,23-24H,(H,31,32)(H,33,34)/t23-,24+/m1/s1. The number of ether oxygens (including phenoxy) is 2. The second kappa shape index (κ2) is 11.8. The van der Waals surface area contributed by atoms with E-state index in [4.69, 9.17) is 32.7 Å². The largest absolute Gasteiger partial charge is 0.478 e. The van der Waals surface area contributed by atoms with Gasteiger partial charge in [0.15, 0.2) is 0 Å². The summed E-state index contributed by atoms with van der Waals surface area (Å²) in [6.45, 7) is 0. The molecule has 0 fully saturated rings. The molecule has 0 aromatic heterocycles. The van der Waals surface area contributed by atoms with Crippen molar-refractivity contribution in [2.75, 3.05) is 5.32 Å². The minimum Gasteiger partial charge on any atom is -0.478 e. The average Bonchev–Trinajstić information content (AvgIpc) is 2.91. The second-order valence-electron chi connectivity index (χ2n) is 8.02. The summed E-state index contributed by atoms with van der Waals surface area (Å²) < 4.78 is 10.5. The van der Waals surface area contributed by atoms with Crippen LogP contribution >= 0.6 is 23.2 Å². The van der Waals surface area contributed by atoms with Gasteiger partial charge in [0.25, 0.3) is 5.91 Å². The minimum atomic E-state index is -2.18. The maximum Gasteiger partial charge on any atom is 0.349 e. The third kappa shape index (κ3) is 6.29. The molecule has 2 atom stereocenters. The van der Waals surface area contributed by atoms with E-state index in [-0.39, 0.29) is 11.1 Å². The molecule has 0 saturated heterocycles. The number of halogens is 2. The summed E-state index contributed by atoms with van der Waals surface area (Å²) in [5.74, 6) is -4.79. The summed E-state index contributed by atoms with van der Waals surface area (Å²) in [5, 5.41) is 14.7. The monoisotopic (exact) mass is 551 g/mol. The van der Waals surface area contributed by atoms with Crippen LogP contribution in [-0.4, -0.2) is 41.1 Å². The summed E-state index contributed by atoms with van der Waals surface area (Å²) in [5.41, 5.74) is 0.331. The van der Waals surface area contributed by atoms with Crippen molar-refractivity contribution < 1.29 is 33.8 Å². The molecule has 8 nitrogen and oxygen atoms in total. The predicted molar refractivity (Wildman–Crippen MR) is 142 cm³/mol. The van der Waals surface area contributed by atoms with E-state index in [0.29, 0.717) is 21.1 Å². The van der Waals surface area contributed by atoms with Crippen molar-refractivity contribution in [3.8, 4) is 0 Å². The van der Waals surface area contributed by atoms with Gasteiger partial charge in [-0.3, -0.25) is 4.79 Å². The molecule has 1 amide bonds. The number of carboxylic acids is 1. The molecule has 0 radical (unpaired) electrons. The normalized spacial score (nSPS) is 12.3. The highest BCUT2D eigenvalue weighted by atomic mass is 35.5. The molecule has 10 heteroatoms. The average molecular weight is 552 g/mol.